The molecule has 1 unspecified atom stereocenters. The van der Waals surface area contributed by atoms with Gasteiger partial charge in [0.05, 0.1) is 6.10 Å². The van der Waals surface area contributed by atoms with E-state index in [1.165, 1.54) is 38.2 Å². The second-order valence-corrected chi connectivity index (χ2v) is 9.78. The van der Waals surface area contributed by atoms with Crippen molar-refractivity contribution in [2.24, 2.45) is 17.6 Å². The SMILES string of the molecule is COCCCO[C@@H](c1ccc(F)c(F)c1)[C@@H]1CCCN(C(=O)NC(CN)CC2CCCCC2)C1. The summed E-state index contributed by atoms with van der Waals surface area (Å²) in [6, 6.07) is 3.81. The number of likely N-dealkylation sites (tertiary alicyclic amines) is 1. The van der Waals surface area contributed by atoms with E-state index in [1.807, 2.05) is 4.90 Å². The normalized spacial score (nSPS) is 21.3. The van der Waals surface area contributed by atoms with E-state index >= 15 is 0 Å². The number of hydrogen-bond acceptors (Lipinski definition) is 4. The zero-order valence-corrected chi connectivity index (χ0v) is 20.4. The highest BCUT2D eigenvalue weighted by molar-refractivity contribution is 5.74. The number of nitrogens with zero attached hydrogens (tertiary/aromatic N) is 1. The molecule has 3 atom stereocenters. The fraction of sp³-hybridized carbons (Fsp3) is 0.731. The van der Waals surface area contributed by atoms with Gasteiger partial charge < -0.3 is 25.4 Å². The third-order valence-electron chi connectivity index (χ3n) is 7.19. The molecule has 8 heteroatoms. The summed E-state index contributed by atoms with van der Waals surface area (Å²) in [5.74, 6) is -1.14. The summed E-state index contributed by atoms with van der Waals surface area (Å²) in [5, 5.41) is 3.15. The predicted octanol–water partition coefficient (Wildman–Crippen LogP) is 4.78. The van der Waals surface area contributed by atoms with Crippen molar-refractivity contribution < 1.29 is 23.0 Å². The lowest BCUT2D eigenvalue weighted by Gasteiger charge is -2.38. The Bertz CT molecular complexity index is 761. The summed E-state index contributed by atoms with van der Waals surface area (Å²) in [4.78, 5) is 14.9. The monoisotopic (exact) mass is 481 g/mol. The average Bonchev–Trinajstić information content (AvgIpc) is 2.86. The first-order valence-corrected chi connectivity index (χ1v) is 12.8. The molecular formula is C26H41F2N3O3. The van der Waals surface area contributed by atoms with E-state index in [9.17, 15) is 13.6 Å². The van der Waals surface area contributed by atoms with Crippen LogP contribution >= 0.6 is 0 Å². The summed E-state index contributed by atoms with van der Waals surface area (Å²) in [7, 11) is 1.63. The van der Waals surface area contributed by atoms with Crippen LogP contribution in [0.25, 0.3) is 0 Å². The van der Waals surface area contributed by atoms with Crippen molar-refractivity contribution in [3.05, 3.63) is 35.4 Å². The van der Waals surface area contributed by atoms with E-state index in [1.54, 1.807) is 13.2 Å². The van der Waals surface area contributed by atoms with Gasteiger partial charge in [-0.3, -0.25) is 0 Å². The van der Waals surface area contributed by atoms with E-state index in [-0.39, 0.29) is 18.0 Å². The molecule has 1 aliphatic carbocycles. The number of rotatable bonds is 11. The quantitative estimate of drug-likeness (QED) is 0.446. The summed E-state index contributed by atoms with van der Waals surface area (Å²) in [5.41, 5.74) is 6.59. The molecule has 1 aromatic carbocycles. The molecule has 2 aliphatic rings. The number of halogens is 2. The van der Waals surface area contributed by atoms with Gasteiger partial charge in [-0.1, -0.05) is 38.2 Å². The number of benzene rings is 1. The molecule has 0 bridgehead atoms. The number of carbonyl (C=O) groups is 1. The number of piperidine rings is 1. The molecule has 34 heavy (non-hydrogen) atoms. The number of nitrogens with two attached hydrogens (primary N) is 1. The van der Waals surface area contributed by atoms with Gasteiger partial charge in [0.2, 0.25) is 0 Å². The second-order valence-electron chi connectivity index (χ2n) is 9.78. The van der Waals surface area contributed by atoms with E-state index in [4.69, 9.17) is 15.2 Å². The Hall–Kier alpha value is -1.77. The third-order valence-corrected chi connectivity index (χ3v) is 7.19. The molecule has 6 nitrogen and oxygen atoms in total. The van der Waals surface area contributed by atoms with Crippen LogP contribution in [0.5, 0.6) is 0 Å². The summed E-state index contributed by atoms with van der Waals surface area (Å²) >= 11 is 0. The number of ether oxygens (including phenoxy) is 2. The molecule has 1 aliphatic heterocycles. The highest BCUT2D eigenvalue weighted by Crippen LogP contribution is 2.34. The molecule has 2 fully saturated rings. The van der Waals surface area contributed by atoms with Crippen molar-refractivity contribution in [1.82, 2.24) is 10.2 Å². The first-order chi connectivity index (χ1) is 16.5. The Morgan fingerprint density at radius 3 is 2.65 bits per heavy atom. The van der Waals surface area contributed by atoms with Crippen LogP contribution in [0.1, 0.15) is 69.5 Å². The Kier molecular flexibility index (Phi) is 11.0. The minimum absolute atomic E-state index is 0.0124. The molecule has 0 aromatic heterocycles. The van der Waals surface area contributed by atoms with Crippen LogP contribution < -0.4 is 11.1 Å². The predicted molar refractivity (Wildman–Crippen MR) is 128 cm³/mol. The van der Waals surface area contributed by atoms with E-state index in [2.05, 4.69) is 5.32 Å². The van der Waals surface area contributed by atoms with Crippen molar-refractivity contribution in [1.29, 1.82) is 0 Å². The van der Waals surface area contributed by atoms with Crippen LogP contribution in [0.15, 0.2) is 18.2 Å². The minimum atomic E-state index is -0.887. The summed E-state index contributed by atoms with van der Waals surface area (Å²) in [6.45, 7) is 2.60. The maximum absolute atomic E-state index is 14.0. The van der Waals surface area contributed by atoms with Crippen molar-refractivity contribution in [3.8, 4) is 0 Å². The van der Waals surface area contributed by atoms with E-state index in [0.29, 0.717) is 50.8 Å². The number of carbonyl (C=O) groups excluding carboxylic acids is 1. The Balaban J connectivity index is 1.63. The maximum Gasteiger partial charge on any atom is 0.317 e. The molecule has 1 heterocycles. The molecule has 2 amide bonds. The Morgan fingerprint density at radius 2 is 1.94 bits per heavy atom. The topological polar surface area (TPSA) is 76.8 Å². The Morgan fingerprint density at radius 1 is 1.15 bits per heavy atom. The minimum Gasteiger partial charge on any atom is -0.385 e. The van der Waals surface area contributed by atoms with Crippen LogP contribution in [0.4, 0.5) is 13.6 Å². The summed E-state index contributed by atoms with van der Waals surface area (Å²) in [6.07, 6.45) is 9.15. The molecular weight excluding hydrogens is 440 g/mol. The third kappa shape index (κ3) is 7.89. The fourth-order valence-corrected chi connectivity index (χ4v) is 5.35. The summed E-state index contributed by atoms with van der Waals surface area (Å²) < 4.78 is 38.8. The molecule has 3 N–H and O–H groups in total. The van der Waals surface area contributed by atoms with Gasteiger partial charge in [-0.05, 0) is 49.3 Å². The van der Waals surface area contributed by atoms with Gasteiger partial charge in [0.25, 0.3) is 0 Å². The van der Waals surface area contributed by atoms with Gasteiger partial charge in [-0.25, -0.2) is 13.6 Å². The van der Waals surface area contributed by atoms with Crippen LogP contribution in [0.2, 0.25) is 0 Å². The van der Waals surface area contributed by atoms with Crippen molar-refractivity contribution in [2.75, 3.05) is 40.0 Å². The second kappa shape index (κ2) is 14.0. The zero-order chi connectivity index (χ0) is 24.3. The van der Waals surface area contributed by atoms with Gasteiger partial charge in [0, 0.05) is 51.9 Å². The van der Waals surface area contributed by atoms with Gasteiger partial charge in [0.1, 0.15) is 0 Å². The maximum atomic E-state index is 14.0. The number of methoxy groups -OCH3 is 1. The van der Waals surface area contributed by atoms with Crippen LogP contribution in [0.3, 0.4) is 0 Å². The Labute approximate surface area is 202 Å². The average molecular weight is 482 g/mol. The van der Waals surface area contributed by atoms with Gasteiger partial charge in [-0.15, -0.1) is 0 Å². The lowest BCUT2D eigenvalue weighted by molar-refractivity contribution is -0.0169. The van der Waals surface area contributed by atoms with Crippen LogP contribution in [-0.2, 0) is 9.47 Å². The molecule has 1 aromatic rings. The molecule has 3 rings (SSSR count). The zero-order valence-electron chi connectivity index (χ0n) is 20.4. The van der Waals surface area contributed by atoms with Crippen LogP contribution in [-0.4, -0.2) is 56.9 Å². The number of amides is 2. The van der Waals surface area contributed by atoms with Crippen molar-refractivity contribution in [2.45, 2.75) is 69.9 Å². The van der Waals surface area contributed by atoms with Gasteiger partial charge in [-0.2, -0.15) is 0 Å². The smallest absolute Gasteiger partial charge is 0.317 e. The number of nitrogens with one attached hydrogen (secondary N) is 1. The number of urea groups is 1. The van der Waals surface area contributed by atoms with Crippen molar-refractivity contribution in [3.63, 3.8) is 0 Å². The fourth-order valence-electron chi connectivity index (χ4n) is 5.35. The molecule has 192 valence electrons. The lowest BCUT2D eigenvalue weighted by atomic mass is 9.85. The standard InChI is InChI=1S/C26H41F2N3O3/c1-33-13-6-14-34-25(20-10-11-23(27)24(28)16-20)21-9-5-12-31(18-21)26(32)30-22(17-29)15-19-7-3-2-4-8-19/h10-11,16,19,21-22,25H,2-9,12-15,17-18,29H2,1H3,(H,30,32)/t21-,22?,25+/m1/s1. The highest BCUT2D eigenvalue weighted by atomic mass is 19.2. The molecule has 0 radical (unpaired) electrons. The first-order valence-electron chi connectivity index (χ1n) is 12.8. The van der Waals surface area contributed by atoms with Crippen molar-refractivity contribution >= 4 is 6.03 Å². The van der Waals surface area contributed by atoms with Gasteiger partial charge >= 0.3 is 6.03 Å². The highest BCUT2D eigenvalue weighted by Gasteiger charge is 2.32. The molecule has 1 saturated carbocycles. The molecule has 0 spiro atoms. The van der Waals surface area contributed by atoms with E-state index < -0.39 is 17.7 Å². The van der Waals surface area contributed by atoms with Crippen LogP contribution in [0, 0.1) is 23.5 Å². The largest absolute Gasteiger partial charge is 0.385 e. The lowest BCUT2D eigenvalue weighted by Crippen LogP contribution is -2.51. The van der Waals surface area contributed by atoms with Gasteiger partial charge in [0.15, 0.2) is 11.6 Å². The molecule has 1 saturated heterocycles. The van der Waals surface area contributed by atoms with E-state index in [0.717, 1.165) is 25.3 Å². The first kappa shape index (κ1) is 26.8. The number of hydrogen-bond donors (Lipinski definition) is 2.